The van der Waals surface area contributed by atoms with Gasteiger partial charge in [-0.15, -0.1) is 0 Å². The van der Waals surface area contributed by atoms with Crippen LogP contribution in [0.5, 0.6) is 0 Å². The fourth-order valence-electron chi connectivity index (χ4n) is 3.35. The molecule has 1 N–H and O–H groups in total. The highest BCUT2D eigenvalue weighted by atomic mass is 32.2. The fourth-order valence-corrected chi connectivity index (χ4v) is 4.38. The maximum Gasteiger partial charge on any atom is 0.335 e. The molecule has 0 radical (unpaired) electrons. The largest absolute Gasteiger partial charge is 0.478 e. The number of amides is 1. The first kappa shape index (κ1) is 21.6. The number of carbonyl (C=O) groups is 2. The van der Waals surface area contributed by atoms with Crippen molar-refractivity contribution in [2.45, 2.75) is 13.3 Å². The molecule has 1 amide bonds. The summed E-state index contributed by atoms with van der Waals surface area (Å²) in [5.41, 5.74) is 3.92. The van der Waals surface area contributed by atoms with Gasteiger partial charge in [0.15, 0.2) is 5.17 Å². The molecule has 0 bridgehead atoms. The summed E-state index contributed by atoms with van der Waals surface area (Å²) in [6.07, 6.45) is 2.74. The lowest BCUT2D eigenvalue weighted by atomic mass is 10.0. The SMILES string of the molecule is CCCN1C(=O)/C(=C/c2ccc(-c3ccc(C(=O)O)cc3)cc2)SC1=Nc1ccccc1. The normalized spacial score (nSPS) is 16.2. The molecule has 0 aromatic heterocycles. The van der Waals surface area contributed by atoms with Crippen LogP contribution in [0, 0.1) is 0 Å². The Hall–Kier alpha value is -3.64. The van der Waals surface area contributed by atoms with Gasteiger partial charge in [0.1, 0.15) is 0 Å². The second-order valence-corrected chi connectivity index (χ2v) is 8.31. The zero-order valence-electron chi connectivity index (χ0n) is 17.6. The van der Waals surface area contributed by atoms with E-state index in [4.69, 9.17) is 5.11 Å². The van der Waals surface area contributed by atoms with Crippen molar-refractivity contribution in [3.8, 4) is 11.1 Å². The summed E-state index contributed by atoms with van der Waals surface area (Å²) < 4.78 is 0. The number of aliphatic imine (C=N–C) groups is 1. The number of benzene rings is 3. The summed E-state index contributed by atoms with van der Waals surface area (Å²) in [5, 5.41) is 9.74. The molecule has 1 saturated heterocycles. The number of rotatable bonds is 6. The number of para-hydroxylation sites is 1. The Morgan fingerprint density at radius 2 is 1.59 bits per heavy atom. The number of aromatic carboxylic acids is 1. The highest BCUT2D eigenvalue weighted by Gasteiger charge is 2.32. The molecule has 1 fully saturated rings. The van der Waals surface area contributed by atoms with Crippen LogP contribution in [0.1, 0.15) is 29.3 Å². The Labute approximate surface area is 191 Å². The molecule has 0 spiro atoms. The molecule has 3 aromatic rings. The van der Waals surface area contributed by atoms with Gasteiger partial charge in [-0.3, -0.25) is 9.69 Å². The Kier molecular flexibility index (Phi) is 6.52. The van der Waals surface area contributed by atoms with Gasteiger partial charge in [0, 0.05) is 6.54 Å². The number of carbonyl (C=O) groups excluding carboxylic acids is 1. The minimum absolute atomic E-state index is 0.0279. The molecule has 32 heavy (non-hydrogen) atoms. The molecule has 3 aromatic carbocycles. The average Bonchev–Trinajstić information content (AvgIpc) is 3.09. The van der Waals surface area contributed by atoms with E-state index >= 15 is 0 Å². The number of thioether (sulfide) groups is 1. The zero-order chi connectivity index (χ0) is 22.5. The van der Waals surface area contributed by atoms with Gasteiger partial charge in [-0.25, -0.2) is 9.79 Å². The molecule has 0 unspecified atom stereocenters. The zero-order valence-corrected chi connectivity index (χ0v) is 18.4. The molecular weight excluding hydrogens is 420 g/mol. The topological polar surface area (TPSA) is 70.0 Å². The van der Waals surface area contributed by atoms with Crippen molar-refractivity contribution < 1.29 is 14.7 Å². The first-order chi connectivity index (χ1) is 15.5. The van der Waals surface area contributed by atoms with Crippen molar-refractivity contribution in [3.05, 3.63) is 94.9 Å². The van der Waals surface area contributed by atoms with E-state index < -0.39 is 5.97 Å². The van der Waals surface area contributed by atoms with Gasteiger partial charge >= 0.3 is 5.97 Å². The van der Waals surface area contributed by atoms with E-state index in [1.807, 2.05) is 67.6 Å². The van der Waals surface area contributed by atoms with E-state index in [1.165, 1.54) is 11.8 Å². The lowest BCUT2D eigenvalue weighted by molar-refractivity contribution is -0.122. The maximum absolute atomic E-state index is 13.0. The molecule has 1 heterocycles. The van der Waals surface area contributed by atoms with Crippen LogP contribution in [0.25, 0.3) is 17.2 Å². The second-order valence-electron chi connectivity index (χ2n) is 7.30. The third-order valence-electron chi connectivity index (χ3n) is 4.99. The van der Waals surface area contributed by atoms with Crippen LogP contribution in [0.3, 0.4) is 0 Å². The highest BCUT2D eigenvalue weighted by Crippen LogP contribution is 2.34. The van der Waals surface area contributed by atoms with Crippen LogP contribution < -0.4 is 0 Å². The van der Waals surface area contributed by atoms with Crippen molar-refractivity contribution in [3.63, 3.8) is 0 Å². The Morgan fingerprint density at radius 1 is 0.969 bits per heavy atom. The van der Waals surface area contributed by atoms with Crippen LogP contribution in [0.15, 0.2) is 88.8 Å². The number of hydrogen-bond donors (Lipinski definition) is 1. The van der Waals surface area contributed by atoms with Gasteiger partial charge in [-0.1, -0.05) is 61.5 Å². The number of carboxylic acid groups (broad SMARTS) is 1. The monoisotopic (exact) mass is 442 g/mol. The summed E-state index contributed by atoms with van der Waals surface area (Å²) in [6, 6.07) is 24.3. The molecule has 0 saturated carbocycles. The average molecular weight is 443 g/mol. The molecular formula is C26H22N2O3S. The summed E-state index contributed by atoms with van der Waals surface area (Å²) in [7, 11) is 0. The number of nitrogens with zero attached hydrogens (tertiary/aromatic N) is 2. The van der Waals surface area contributed by atoms with E-state index in [0.29, 0.717) is 16.6 Å². The molecule has 1 aliphatic rings. The molecule has 1 aliphatic heterocycles. The Bertz CT molecular complexity index is 1180. The quantitative estimate of drug-likeness (QED) is 0.471. The van der Waals surface area contributed by atoms with Gasteiger partial charge in [0.25, 0.3) is 5.91 Å². The van der Waals surface area contributed by atoms with E-state index in [9.17, 15) is 9.59 Å². The molecule has 6 heteroatoms. The van der Waals surface area contributed by atoms with E-state index in [0.717, 1.165) is 28.8 Å². The molecule has 160 valence electrons. The lowest BCUT2D eigenvalue weighted by Gasteiger charge is -2.13. The molecule has 0 atom stereocenters. The first-order valence-corrected chi connectivity index (χ1v) is 11.2. The van der Waals surface area contributed by atoms with Crippen LogP contribution >= 0.6 is 11.8 Å². The predicted molar refractivity (Wildman–Crippen MR) is 130 cm³/mol. The van der Waals surface area contributed by atoms with Crippen LogP contribution in [-0.2, 0) is 4.79 Å². The van der Waals surface area contributed by atoms with E-state index in [1.54, 1.807) is 29.2 Å². The van der Waals surface area contributed by atoms with Gasteiger partial charge < -0.3 is 5.11 Å². The summed E-state index contributed by atoms with van der Waals surface area (Å²) in [5.74, 6) is -0.968. The van der Waals surface area contributed by atoms with Gasteiger partial charge in [0.2, 0.25) is 0 Å². The summed E-state index contributed by atoms with van der Waals surface area (Å²) >= 11 is 1.39. The third-order valence-corrected chi connectivity index (χ3v) is 6.00. The van der Waals surface area contributed by atoms with Crippen molar-refractivity contribution >= 4 is 40.6 Å². The van der Waals surface area contributed by atoms with Crippen LogP contribution in [0.4, 0.5) is 5.69 Å². The van der Waals surface area contributed by atoms with Crippen LogP contribution in [0.2, 0.25) is 0 Å². The standard InChI is InChI=1S/C26H22N2O3S/c1-2-16-28-24(29)23(32-26(28)27-22-6-4-3-5-7-22)17-18-8-10-19(11-9-18)20-12-14-21(15-13-20)25(30)31/h3-15,17H,2,16H2,1H3,(H,30,31)/b23-17-,27-26?. The molecule has 0 aliphatic carbocycles. The van der Waals surface area contributed by atoms with E-state index in [2.05, 4.69) is 4.99 Å². The van der Waals surface area contributed by atoms with Crippen molar-refractivity contribution in [2.24, 2.45) is 4.99 Å². The van der Waals surface area contributed by atoms with Crippen molar-refractivity contribution in [1.29, 1.82) is 0 Å². The van der Waals surface area contributed by atoms with Gasteiger partial charge in [0.05, 0.1) is 16.2 Å². The van der Waals surface area contributed by atoms with E-state index in [-0.39, 0.29) is 11.5 Å². The van der Waals surface area contributed by atoms with Crippen molar-refractivity contribution in [1.82, 2.24) is 4.90 Å². The van der Waals surface area contributed by atoms with Crippen molar-refractivity contribution in [2.75, 3.05) is 6.54 Å². The Morgan fingerprint density at radius 3 is 2.19 bits per heavy atom. The maximum atomic E-state index is 13.0. The predicted octanol–water partition coefficient (Wildman–Crippen LogP) is 6.07. The lowest BCUT2D eigenvalue weighted by Crippen LogP contribution is -2.29. The summed E-state index contributed by atoms with van der Waals surface area (Å²) in [4.78, 5) is 31.1. The number of carboxylic acids is 1. The third kappa shape index (κ3) is 4.81. The van der Waals surface area contributed by atoms with Gasteiger partial charge in [-0.05, 0) is 65.2 Å². The summed E-state index contributed by atoms with van der Waals surface area (Å²) in [6.45, 7) is 2.67. The number of amidine groups is 1. The Balaban J connectivity index is 1.57. The minimum atomic E-state index is -0.940. The fraction of sp³-hybridized carbons (Fsp3) is 0.115. The highest BCUT2D eigenvalue weighted by molar-refractivity contribution is 8.18. The minimum Gasteiger partial charge on any atom is -0.478 e. The first-order valence-electron chi connectivity index (χ1n) is 10.3. The smallest absolute Gasteiger partial charge is 0.335 e. The number of hydrogen-bond acceptors (Lipinski definition) is 4. The molecule has 5 nitrogen and oxygen atoms in total. The molecule has 4 rings (SSSR count). The second kappa shape index (κ2) is 9.66. The van der Waals surface area contributed by atoms with Gasteiger partial charge in [-0.2, -0.15) is 0 Å². The van der Waals surface area contributed by atoms with Crippen LogP contribution in [-0.4, -0.2) is 33.6 Å².